The Morgan fingerprint density at radius 1 is 1.24 bits per heavy atom. The Morgan fingerprint density at radius 3 is 2.29 bits per heavy atom. The van der Waals surface area contributed by atoms with Gasteiger partial charge in [-0.3, -0.25) is 4.98 Å². The minimum absolute atomic E-state index is 0.0511. The number of hydrogen-bond acceptors (Lipinski definition) is 4. The molecule has 4 nitrogen and oxygen atoms in total. The highest BCUT2D eigenvalue weighted by Gasteiger charge is 2.49. The van der Waals surface area contributed by atoms with Crippen LogP contribution < -0.4 is 5.73 Å². The van der Waals surface area contributed by atoms with Gasteiger partial charge in [-0.1, -0.05) is 12.1 Å². The molecule has 1 aromatic rings. The number of aryl methyl sites for hydroxylation is 1. The molecule has 1 aliphatic heterocycles. The summed E-state index contributed by atoms with van der Waals surface area (Å²) in [4.78, 5) is 4.38. The van der Waals surface area contributed by atoms with Crippen LogP contribution in [-0.2, 0) is 9.31 Å². The van der Waals surface area contributed by atoms with Crippen molar-refractivity contribution >= 4 is 13.2 Å². The lowest BCUT2D eigenvalue weighted by Crippen LogP contribution is -2.41. The largest absolute Gasteiger partial charge is 0.487 e. The predicted octanol–water partition coefficient (Wildman–Crippen LogP) is 3.05. The standard InChI is InChI=1S/C16H25BN2O2/c1-11-9-14(12(2)18)19-10-13(11)7-8-17-20-15(3,4)16(5,6)21-17/h7-10,12H,18H2,1-6H3/b8-7+/t12-/m1/s1. The first kappa shape index (κ1) is 16.2. The van der Waals surface area contributed by atoms with Crippen LogP contribution in [0.3, 0.4) is 0 Å². The van der Waals surface area contributed by atoms with Gasteiger partial charge in [-0.15, -0.1) is 0 Å². The van der Waals surface area contributed by atoms with Crippen LogP contribution in [0.15, 0.2) is 18.2 Å². The second-order valence-corrected chi connectivity index (χ2v) is 6.74. The number of pyridine rings is 1. The van der Waals surface area contributed by atoms with E-state index in [1.807, 2.05) is 58.9 Å². The Balaban J connectivity index is 2.13. The first-order valence-corrected chi connectivity index (χ1v) is 7.38. The quantitative estimate of drug-likeness (QED) is 0.868. The lowest BCUT2D eigenvalue weighted by molar-refractivity contribution is 0.00578. The van der Waals surface area contributed by atoms with E-state index in [0.717, 1.165) is 16.8 Å². The van der Waals surface area contributed by atoms with Crippen molar-refractivity contribution in [2.45, 2.75) is 58.8 Å². The maximum Gasteiger partial charge on any atom is 0.487 e. The maximum absolute atomic E-state index is 5.94. The zero-order chi connectivity index (χ0) is 15.8. The summed E-state index contributed by atoms with van der Waals surface area (Å²) >= 11 is 0. The topological polar surface area (TPSA) is 57.4 Å². The van der Waals surface area contributed by atoms with Gasteiger partial charge in [-0.05, 0) is 58.7 Å². The van der Waals surface area contributed by atoms with Crippen LogP contribution in [0, 0.1) is 6.92 Å². The van der Waals surface area contributed by atoms with E-state index in [0.29, 0.717) is 0 Å². The Hall–Kier alpha value is -1.17. The second kappa shape index (κ2) is 5.56. The second-order valence-electron chi connectivity index (χ2n) is 6.74. The highest BCUT2D eigenvalue weighted by molar-refractivity contribution is 6.52. The Labute approximate surface area is 127 Å². The van der Waals surface area contributed by atoms with Crippen LogP contribution in [0.25, 0.3) is 6.08 Å². The van der Waals surface area contributed by atoms with Crippen molar-refractivity contribution in [3.05, 3.63) is 35.1 Å². The molecule has 1 fully saturated rings. The fourth-order valence-electron chi connectivity index (χ4n) is 2.16. The summed E-state index contributed by atoms with van der Waals surface area (Å²) in [7, 11) is -0.331. The average Bonchev–Trinajstić information content (AvgIpc) is 2.56. The number of nitrogens with zero attached hydrogens (tertiary/aromatic N) is 1. The SMILES string of the molecule is Cc1cc([C@@H](C)N)ncc1/C=C/B1OC(C)(C)C(C)(C)O1. The molecule has 0 amide bonds. The van der Waals surface area contributed by atoms with Crippen molar-refractivity contribution in [2.75, 3.05) is 0 Å². The fourth-order valence-corrected chi connectivity index (χ4v) is 2.16. The number of nitrogens with two attached hydrogens (primary N) is 1. The molecule has 2 rings (SSSR count). The summed E-state index contributed by atoms with van der Waals surface area (Å²) in [6, 6.07) is 1.97. The molecule has 0 bridgehead atoms. The lowest BCUT2D eigenvalue weighted by Gasteiger charge is -2.32. The normalized spacial score (nSPS) is 22.0. The smallest absolute Gasteiger partial charge is 0.400 e. The molecule has 1 saturated heterocycles. The van der Waals surface area contributed by atoms with E-state index in [4.69, 9.17) is 15.0 Å². The van der Waals surface area contributed by atoms with E-state index in [9.17, 15) is 0 Å². The van der Waals surface area contributed by atoms with Crippen molar-refractivity contribution in [3.63, 3.8) is 0 Å². The van der Waals surface area contributed by atoms with Crippen LogP contribution >= 0.6 is 0 Å². The van der Waals surface area contributed by atoms with Crippen molar-refractivity contribution in [2.24, 2.45) is 5.73 Å². The third kappa shape index (κ3) is 3.36. The van der Waals surface area contributed by atoms with Crippen molar-refractivity contribution in [1.29, 1.82) is 0 Å². The summed E-state index contributed by atoms with van der Waals surface area (Å²) in [5.41, 5.74) is 8.32. The van der Waals surface area contributed by atoms with Gasteiger partial charge in [0.05, 0.1) is 16.9 Å². The predicted molar refractivity (Wildman–Crippen MR) is 86.7 cm³/mol. The third-order valence-electron chi connectivity index (χ3n) is 4.34. The van der Waals surface area contributed by atoms with E-state index in [1.165, 1.54) is 0 Å². The van der Waals surface area contributed by atoms with E-state index in [-0.39, 0.29) is 24.4 Å². The zero-order valence-corrected chi connectivity index (χ0v) is 13.8. The molecule has 5 heteroatoms. The molecule has 21 heavy (non-hydrogen) atoms. The first-order valence-electron chi connectivity index (χ1n) is 7.38. The summed E-state index contributed by atoms with van der Waals surface area (Å²) in [5, 5.41) is 0. The Kier molecular flexibility index (Phi) is 4.29. The van der Waals surface area contributed by atoms with Crippen molar-refractivity contribution in [1.82, 2.24) is 4.98 Å². The summed E-state index contributed by atoms with van der Waals surface area (Å²) in [5.74, 6) is 1.94. The highest BCUT2D eigenvalue weighted by Crippen LogP contribution is 2.37. The van der Waals surface area contributed by atoms with E-state index in [1.54, 1.807) is 0 Å². The summed E-state index contributed by atoms with van der Waals surface area (Å²) in [6.45, 7) is 12.2. The van der Waals surface area contributed by atoms with Gasteiger partial charge in [0.15, 0.2) is 0 Å². The molecular weight excluding hydrogens is 263 g/mol. The van der Waals surface area contributed by atoms with Crippen LogP contribution in [0.5, 0.6) is 0 Å². The van der Waals surface area contributed by atoms with Crippen LogP contribution in [0.4, 0.5) is 0 Å². The molecule has 0 radical (unpaired) electrons. The minimum Gasteiger partial charge on any atom is -0.400 e. The summed E-state index contributed by atoms with van der Waals surface area (Å²) in [6.07, 6.45) is 3.84. The van der Waals surface area contributed by atoms with Crippen molar-refractivity contribution < 1.29 is 9.31 Å². The molecule has 0 saturated carbocycles. The number of aromatic nitrogens is 1. The lowest BCUT2D eigenvalue weighted by atomic mass is 9.89. The molecule has 0 aliphatic carbocycles. The minimum atomic E-state index is -0.331. The molecule has 2 heterocycles. The molecular formula is C16H25BN2O2. The average molecular weight is 288 g/mol. The molecule has 0 unspecified atom stereocenters. The van der Waals surface area contributed by atoms with Crippen LogP contribution in [0.2, 0.25) is 0 Å². The van der Waals surface area contributed by atoms with Gasteiger partial charge in [0, 0.05) is 12.2 Å². The molecule has 1 aromatic heterocycles. The Bertz CT molecular complexity index is 537. The fraction of sp³-hybridized carbons (Fsp3) is 0.562. The van der Waals surface area contributed by atoms with Crippen LogP contribution in [0.1, 0.15) is 57.5 Å². The van der Waals surface area contributed by atoms with Gasteiger partial charge in [-0.25, -0.2) is 0 Å². The highest BCUT2D eigenvalue weighted by atomic mass is 16.7. The van der Waals surface area contributed by atoms with Gasteiger partial charge in [-0.2, -0.15) is 0 Å². The third-order valence-corrected chi connectivity index (χ3v) is 4.34. The first-order chi connectivity index (χ1) is 9.62. The van der Waals surface area contributed by atoms with Gasteiger partial charge in [0.1, 0.15) is 0 Å². The monoisotopic (exact) mass is 288 g/mol. The molecule has 0 spiro atoms. The van der Waals surface area contributed by atoms with Gasteiger partial charge in [0.2, 0.25) is 0 Å². The molecule has 1 aliphatic rings. The van der Waals surface area contributed by atoms with Gasteiger partial charge < -0.3 is 15.0 Å². The molecule has 114 valence electrons. The number of hydrogen-bond donors (Lipinski definition) is 1. The molecule has 0 aromatic carbocycles. The molecule has 1 atom stereocenters. The zero-order valence-electron chi connectivity index (χ0n) is 13.8. The van der Waals surface area contributed by atoms with E-state index in [2.05, 4.69) is 11.9 Å². The van der Waals surface area contributed by atoms with Gasteiger partial charge >= 0.3 is 7.12 Å². The number of rotatable bonds is 3. The van der Waals surface area contributed by atoms with E-state index >= 15 is 0 Å². The van der Waals surface area contributed by atoms with E-state index < -0.39 is 0 Å². The van der Waals surface area contributed by atoms with Gasteiger partial charge in [0.25, 0.3) is 0 Å². The summed E-state index contributed by atoms with van der Waals surface area (Å²) < 4.78 is 11.9. The Morgan fingerprint density at radius 2 is 1.81 bits per heavy atom. The van der Waals surface area contributed by atoms with Crippen molar-refractivity contribution in [3.8, 4) is 0 Å². The maximum atomic E-state index is 5.94. The molecule has 2 N–H and O–H groups in total. The van der Waals surface area contributed by atoms with Crippen LogP contribution in [-0.4, -0.2) is 23.3 Å².